The maximum absolute atomic E-state index is 12.3. The topological polar surface area (TPSA) is 81.2 Å². The van der Waals surface area contributed by atoms with Gasteiger partial charge in [-0.2, -0.15) is 0 Å². The molecule has 0 atom stereocenters. The number of carbonyl (C=O) groups is 2. The lowest BCUT2D eigenvalue weighted by atomic mass is 10.1. The molecule has 0 amide bonds. The minimum absolute atomic E-state index is 0.110. The number of allylic oxidation sites excluding steroid dienone is 1. The Morgan fingerprint density at radius 1 is 1.35 bits per heavy atom. The fourth-order valence-electron chi connectivity index (χ4n) is 2.36. The second kappa shape index (κ2) is 6.91. The van der Waals surface area contributed by atoms with E-state index in [9.17, 15) is 14.4 Å². The Labute approximate surface area is 133 Å². The molecule has 2 rings (SSSR count). The molecule has 23 heavy (non-hydrogen) atoms. The summed E-state index contributed by atoms with van der Waals surface area (Å²) in [6, 6.07) is 4.31. The standard InChI is InChI=1S/C17H18N2O4/c1-4-7-19-11(2)8-14(12(19)3)15(20)10-23-17(22)13-5-6-18-16(21)9-13/h4-6,8-9H,1,7,10H2,2-3H3,(H,18,21). The van der Waals surface area contributed by atoms with Gasteiger partial charge in [-0.05, 0) is 26.0 Å². The van der Waals surface area contributed by atoms with Crippen LogP contribution in [0.2, 0.25) is 0 Å². The molecule has 2 heterocycles. The van der Waals surface area contributed by atoms with E-state index in [2.05, 4.69) is 11.6 Å². The minimum atomic E-state index is -0.704. The summed E-state index contributed by atoms with van der Waals surface area (Å²) in [6.07, 6.45) is 3.10. The number of pyridine rings is 1. The quantitative estimate of drug-likeness (QED) is 0.502. The van der Waals surface area contributed by atoms with Crippen LogP contribution >= 0.6 is 0 Å². The first kappa shape index (κ1) is 16.5. The van der Waals surface area contributed by atoms with Crippen molar-refractivity contribution in [3.63, 3.8) is 0 Å². The largest absolute Gasteiger partial charge is 0.454 e. The third-order valence-corrected chi connectivity index (χ3v) is 3.53. The maximum atomic E-state index is 12.3. The lowest BCUT2D eigenvalue weighted by Gasteiger charge is -2.07. The maximum Gasteiger partial charge on any atom is 0.338 e. The van der Waals surface area contributed by atoms with Gasteiger partial charge < -0.3 is 14.3 Å². The van der Waals surface area contributed by atoms with Gasteiger partial charge in [-0.1, -0.05) is 6.08 Å². The van der Waals surface area contributed by atoms with E-state index in [-0.39, 0.29) is 18.0 Å². The number of nitrogens with zero attached hydrogens (tertiary/aromatic N) is 1. The Morgan fingerprint density at radius 2 is 2.09 bits per heavy atom. The van der Waals surface area contributed by atoms with Crippen LogP contribution in [0.5, 0.6) is 0 Å². The highest BCUT2D eigenvalue weighted by atomic mass is 16.5. The van der Waals surface area contributed by atoms with Gasteiger partial charge in [0.15, 0.2) is 6.61 Å². The summed E-state index contributed by atoms with van der Waals surface area (Å²) in [5, 5.41) is 0. The van der Waals surface area contributed by atoms with Gasteiger partial charge in [-0.15, -0.1) is 6.58 Å². The van der Waals surface area contributed by atoms with Gasteiger partial charge in [0.1, 0.15) is 0 Å². The Hall–Kier alpha value is -2.89. The van der Waals surface area contributed by atoms with E-state index >= 15 is 0 Å². The van der Waals surface area contributed by atoms with Gasteiger partial charge in [0, 0.05) is 35.8 Å². The second-order valence-corrected chi connectivity index (χ2v) is 5.12. The summed E-state index contributed by atoms with van der Waals surface area (Å²) in [6.45, 7) is 7.66. The number of H-pyrrole nitrogens is 1. The van der Waals surface area contributed by atoms with Crippen LogP contribution < -0.4 is 5.56 Å². The van der Waals surface area contributed by atoms with Crippen molar-refractivity contribution < 1.29 is 14.3 Å². The number of hydrogen-bond acceptors (Lipinski definition) is 4. The van der Waals surface area contributed by atoms with Crippen molar-refractivity contribution in [3.05, 3.63) is 69.9 Å². The number of ketones is 1. The lowest BCUT2D eigenvalue weighted by Crippen LogP contribution is -2.16. The van der Waals surface area contributed by atoms with Crippen LogP contribution in [0.4, 0.5) is 0 Å². The first-order chi connectivity index (χ1) is 10.9. The molecule has 0 bridgehead atoms. The molecule has 0 saturated carbocycles. The molecule has 2 aromatic rings. The van der Waals surface area contributed by atoms with E-state index in [1.165, 1.54) is 12.3 Å². The van der Waals surface area contributed by atoms with Crippen LogP contribution in [0.25, 0.3) is 0 Å². The zero-order valence-electron chi connectivity index (χ0n) is 13.1. The van der Waals surface area contributed by atoms with Crippen molar-refractivity contribution in [3.8, 4) is 0 Å². The lowest BCUT2D eigenvalue weighted by molar-refractivity contribution is 0.0474. The Bertz CT molecular complexity index is 814. The highest BCUT2D eigenvalue weighted by molar-refractivity contribution is 6.00. The number of ether oxygens (including phenoxy) is 1. The zero-order valence-corrected chi connectivity index (χ0v) is 13.1. The number of hydrogen-bond donors (Lipinski definition) is 1. The fraction of sp³-hybridized carbons (Fsp3) is 0.235. The summed E-state index contributed by atoms with van der Waals surface area (Å²) in [4.78, 5) is 37.7. The smallest absolute Gasteiger partial charge is 0.338 e. The summed E-state index contributed by atoms with van der Waals surface area (Å²) in [5.74, 6) is -0.990. The molecule has 0 fully saturated rings. The van der Waals surface area contributed by atoms with Gasteiger partial charge in [-0.25, -0.2) is 4.79 Å². The molecule has 2 aromatic heterocycles. The van der Waals surface area contributed by atoms with E-state index < -0.39 is 11.5 Å². The third-order valence-electron chi connectivity index (χ3n) is 3.53. The van der Waals surface area contributed by atoms with Crippen LogP contribution in [0, 0.1) is 13.8 Å². The van der Waals surface area contributed by atoms with Gasteiger partial charge in [0.05, 0.1) is 5.56 Å². The molecule has 0 aliphatic carbocycles. The summed E-state index contributed by atoms with van der Waals surface area (Å²) < 4.78 is 6.95. The highest BCUT2D eigenvalue weighted by Gasteiger charge is 2.17. The predicted octanol–water partition coefficient (Wildman–Crippen LogP) is 2.02. The second-order valence-electron chi connectivity index (χ2n) is 5.12. The molecule has 120 valence electrons. The van der Waals surface area contributed by atoms with Gasteiger partial charge in [-0.3, -0.25) is 9.59 Å². The molecule has 0 radical (unpaired) electrons. The molecule has 0 saturated heterocycles. The van der Waals surface area contributed by atoms with Crippen molar-refractivity contribution in [2.24, 2.45) is 0 Å². The van der Waals surface area contributed by atoms with E-state index in [0.29, 0.717) is 12.1 Å². The van der Waals surface area contributed by atoms with E-state index in [1.807, 2.05) is 18.4 Å². The average Bonchev–Trinajstić information content (AvgIpc) is 2.81. The molecule has 6 heteroatoms. The number of rotatable bonds is 6. The average molecular weight is 314 g/mol. The summed E-state index contributed by atoms with van der Waals surface area (Å²) in [5.41, 5.74) is 1.96. The van der Waals surface area contributed by atoms with Crippen LogP contribution in [-0.4, -0.2) is 27.9 Å². The number of aromatic nitrogens is 2. The van der Waals surface area contributed by atoms with Crippen LogP contribution in [0.15, 0.2) is 41.8 Å². The molecule has 1 N–H and O–H groups in total. The van der Waals surface area contributed by atoms with Crippen molar-refractivity contribution in [2.75, 3.05) is 6.61 Å². The highest BCUT2D eigenvalue weighted by Crippen LogP contribution is 2.16. The van der Waals surface area contributed by atoms with E-state index in [0.717, 1.165) is 17.5 Å². The predicted molar refractivity (Wildman–Crippen MR) is 85.8 cm³/mol. The first-order valence-corrected chi connectivity index (χ1v) is 7.10. The molecule has 0 spiro atoms. The van der Waals surface area contributed by atoms with Crippen LogP contribution in [0.3, 0.4) is 0 Å². The Morgan fingerprint density at radius 3 is 2.74 bits per heavy atom. The van der Waals surface area contributed by atoms with Crippen molar-refractivity contribution in [1.82, 2.24) is 9.55 Å². The number of aromatic amines is 1. The normalized spacial score (nSPS) is 10.3. The van der Waals surface area contributed by atoms with Crippen molar-refractivity contribution >= 4 is 11.8 Å². The minimum Gasteiger partial charge on any atom is -0.454 e. The zero-order chi connectivity index (χ0) is 17.0. The van der Waals surface area contributed by atoms with Gasteiger partial charge in [0.25, 0.3) is 0 Å². The number of nitrogens with one attached hydrogen (secondary N) is 1. The van der Waals surface area contributed by atoms with Crippen LogP contribution in [0.1, 0.15) is 32.1 Å². The number of aryl methyl sites for hydroxylation is 1. The fourth-order valence-corrected chi connectivity index (χ4v) is 2.36. The number of Topliss-reactive ketones (excluding diaryl/α,β-unsaturated/α-hetero) is 1. The number of carbonyl (C=O) groups excluding carboxylic acids is 2. The van der Waals surface area contributed by atoms with Crippen molar-refractivity contribution in [1.29, 1.82) is 0 Å². The van der Waals surface area contributed by atoms with Gasteiger partial charge in [0.2, 0.25) is 11.3 Å². The van der Waals surface area contributed by atoms with Crippen LogP contribution in [-0.2, 0) is 11.3 Å². The molecular weight excluding hydrogens is 296 g/mol. The number of esters is 1. The molecule has 0 aliphatic rings. The summed E-state index contributed by atoms with van der Waals surface area (Å²) >= 11 is 0. The van der Waals surface area contributed by atoms with E-state index in [4.69, 9.17) is 4.74 Å². The van der Waals surface area contributed by atoms with E-state index in [1.54, 1.807) is 12.1 Å². The molecule has 6 nitrogen and oxygen atoms in total. The Balaban J connectivity index is 2.08. The summed E-state index contributed by atoms with van der Waals surface area (Å²) in [7, 11) is 0. The van der Waals surface area contributed by atoms with Crippen molar-refractivity contribution in [2.45, 2.75) is 20.4 Å². The monoisotopic (exact) mass is 314 g/mol. The third kappa shape index (κ3) is 3.66. The van der Waals surface area contributed by atoms with Gasteiger partial charge >= 0.3 is 5.97 Å². The molecule has 0 aromatic carbocycles. The molecule has 0 aliphatic heterocycles. The molecule has 0 unspecified atom stereocenters. The first-order valence-electron chi connectivity index (χ1n) is 7.10. The Kier molecular flexibility index (Phi) is 4.95. The molecular formula is C17H18N2O4. The SMILES string of the molecule is C=CCn1c(C)cc(C(=O)COC(=O)c2cc[nH]c(=O)c2)c1C.